The first-order valence-electron chi connectivity index (χ1n) is 8.36. The number of pyridine rings is 1. The zero-order chi connectivity index (χ0) is 16.8. The summed E-state index contributed by atoms with van der Waals surface area (Å²) in [6, 6.07) is 11.6. The fourth-order valence-corrected chi connectivity index (χ4v) is 3.47. The molecule has 5 heteroatoms. The molecule has 1 aliphatic rings. The fourth-order valence-electron chi connectivity index (χ4n) is 3.07. The van der Waals surface area contributed by atoms with Crippen LogP contribution in [0, 0.1) is 5.92 Å². The van der Waals surface area contributed by atoms with E-state index in [1.54, 1.807) is 0 Å². The molecule has 0 aliphatic carbocycles. The smallest absolute Gasteiger partial charge is 0.251 e. The van der Waals surface area contributed by atoms with E-state index in [-0.39, 0.29) is 5.91 Å². The molecular formula is C19H22BrN3O. The molecule has 0 atom stereocenters. The highest BCUT2D eigenvalue weighted by atomic mass is 79.9. The maximum absolute atomic E-state index is 12.2. The van der Waals surface area contributed by atoms with Crippen molar-refractivity contribution in [3.05, 3.63) is 64.4 Å². The van der Waals surface area contributed by atoms with Crippen molar-refractivity contribution in [1.29, 1.82) is 0 Å². The Kier molecular flexibility index (Phi) is 5.99. The number of hydrogen-bond donors (Lipinski definition) is 1. The topological polar surface area (TPSA) is 45.2 Å². The summed E-state index contributed by atoms with van der Waals surface area (Å²) in [4.78, 5) is 18.8. The Labute approximate surface area is 151 Å². The number of aromatic nitrogens is 1. The number of carbonyl (C=O) groups excluding carboxylic acids is 1. The van der Waals surface area contributed by atoms with E-state index >= 15 is 0 Å². The molecular weight excluding hydrogens is 366 g/mol. The third-order valence-corrected chi connectivity index (χ3v) is 4.97. The van der Waals surface area contributed by atoms with Crippen molar-refractivity contribution < 1.29 is 4.79 Å². The van der Waals surface area contributed by atoms with E-state index in [0.717, 1.165) is 43.5 Å². The van der Waals surface area contributed by atoms with Crippen LogP contribution in [0.5, 0.6) is 0 Å². The van der Waals surface area contributed by atoms with Crippen LogP contribution >= 0.6 is 15.9 Å². The van der Waals surface area contributed by atoms with Gasteiger partial charge in [-0.05, 0) is 61.7 Å². The Hall–Kier alpha value is -1.72. The van der Waals surface area contributed by atoms with Crippen LogP contribution < -0.4 is 5.32 Å². The third kappa shape index (κ3) is 4.89. The Morgan fingerprint density at radius 3 is 2.79 bits per heavy atom. The van der Waals surface area contributed by atoms with E-state index in [1.807, 2.05) is 42.7 Å². The third-order valence-electron chi connectivity index (χ3n) is 4.47. The van der Waals surface area contributed by atoms with E-state index in [9.17, 15) is 4.79 Å². The Bertz CT molecular complexity index is 669. The molecule has 0 spiro atoms. The monoisotopic (exact) mass is 387 g/mol. The van der Waals surface area contributed by atoms with Crippen LogP contribution in [0.1, 0.15) is 28.8 Å². The summed E-state index contributed by atoms with van der Waals surface area (Å²) >= 11 is 3.40. The molecule has 2 heterocycles. The summed E-state index contributed by atoms with van der Waals surface area (Å²) in [6.07, 6.45) is 5.99. The van der Waals surface area contributed by atoms with Crippen LogP contribution in [0.3, 0.4) is 0 Å². The lowest BCUT2D eigenvalue weighted by Gasteiger charge is -2.32. The molecule has 1 fully saturated rings. The molecule has 0 unspecified atom stereocenters. The van der Waals surface area contributed by atoms with Gasteiger partial charge in [-0.2, -0.15) is 0 Å². The highest BCUT2D eigenvalue weighted by Gasteiger charge is 2.20. The molecule has 3 rings (SSSR count). The van der Waals surface area contributed by atoms with Crippen LogP contribution in [-0.2, 0) is 6.54 Å². The highest BCUT2D eigenvalue weighted by Crippen LogP contribution is 2.18. The minimum absolute atomic E-state index is 0.00842. The van der Waals surface area contributed by atoms with Crippen molar-refractivity contribution in [2.75, 3.05) is 19.6 Å². The van der Waals surface area contributed by atoms with Gasteiger partial charge in [-0.1, -0.05) is 28.1 Å². The van der Waals surface area contributed by atoms with Gasteiger partial charge in [-0.15, -0.1) is 0 Å². The van der Waals surface area contributed by atoms with Gasteiger partial charge >= 0.3 is 0 Å². The predicted molar refractivity (Wildman–Crippen MR) is 98.7 cm³/mol. The second kappa shape index (κ2) is 8.40. The van der Waals surface area contributed by atoms with Crippen molar-refractivity contribution in [2.24, 2.45) is 5.92 Å². The largest absolute Gasteiger partial charge is 0.352 e. The van der Waals surface area contributed by atoms with Gasteiger partial charge in [0.25, 0.3) is 5.91 Å². The Morgan fingerprint density at radius 2 is 2.08 bits per heavy atom. The highest BCUT2D eigenvalue weighted by molar-refractivity contribution is 9.10. The number of rotatable bonds is 5. The molecule has 2 aromatic rings. The van der Waals surface area contributed by atoms with Crippen LogP contribution in [-0.4, -0.2) is 35.4 Å². The number of halogens is 1. The molecule has 1 aromatic heterocycles. The maximum atomic E-state index is 12.2. The van der Waals surface area contributed by atoms with Gasteiger partial charge in [0.2, 0.25) is 0 Å². The van der Waals surface area contributed by atoms with Crippen molar-refractivity contribution in [3.8, 4) is 0 Å². The lowest BCUT2D eigenvalue weighted by Crippen LogP contribution is -2.38. The molecule has 0 bridgehead atoms. The van der Waals surface area contributed by atoms with Gasteiger partial charge in [-0.25, -0.2) is 0 Å². The first-order chi connectivity index (χ1) is 11.7. The van der Waals surface area contributed by atoms with Crippen molar-refractivity contribution in [1.82, 2.24) is 15.2 Å². The van der Waals surface area contributed by atoms with E-state index in [2.05, 4.69) is 37.2 Å². The van der Waals surface area contributed by atoms with Gasteiger partial charge in [0.05, 0.1) is 0 Å². The van der Waals surface area contributed by atoms with Crippen LogP contribution in [0.25, 0.3) is 0 Å². The SMILES string of the molecule is O=C(NCC1CCN(Cc2cccnc2)CC1)c1cccc(Br)c1. The average Bonchev–Trinajstić information content (AvgIpc) is 2.62. The second-order valence-corrected chi connectivity index (χ2v) is 7.22. The minimum atomic E-state index is 0.00842. The van der Waals surface area contributed by atoms with Crippen LogP contribution in [0.15, 0.2) is 53.3 Å². The number of nitrogens with zero attached hydrogens (tertiary/aromatic N) is 2. The number of carbonyl (C=O) groups is 1. The van der Waals surface area contributed by atoms with Crippen LogP contribution in [0.2, 0.25) is 0 Å². The van der Waals surface area contributed by atoms with E-state index in [0.29, 0.717) is 11.5 Å². The van der Waals surface area contributed by atoms with Gasteiger partial charge < -0.3 is 5.32 Å². The fraction of sp³-hybridized carbons (Fsp3) is 0.368. The summed E-state index contributed by atoms with van der Waals surface area (Å²) in [5.74, 6) is 0.570. The van der Waals surface area contributed by atoms with Gasteiger partial charge in [0, 0.05) is 35.5 Å². The molecule has 1 amide bonds. The van der Waals surface area contributed by atoms with Gasteiger partial charge in [-0.3, -0.25) is 14.7 Å². The molecule has 1 saturated heterocycles. The zero-order valence-corrected chi connectivity index (χ0v) is 15.2. The summed E-state index contributed by atoms with van der Waals surface area (Å²) in [7, 11) is 0. The maximum Gasteiger partial charge on any atom is 0.251 e. The number of nitrogens with one attached hydrogen (secondary N) is 1. The molecule has 1 N–H and O–H groups in total. The Balaban J connectivity index is 1.42. The minimum Gasteiger partial charge on any atom is -0.352 e. The van der Waals surface area contributed by atoms with Gasteiger partial charge in [0.1, 0.15) is 0 Å². The van der Waals surface area contributed by atoms with Crippen molar-refractivity contribution in [3.63, 3.8) is 0 Å². The molecule has 0 saturated carbocycles. The number of piperidine rings is 1. The molecule has 4 nitrogen and oxygen atoms in total. The standard InChI is InChI=1S/C19H22BrN3O/c20-18-5-1-4-17(11-18)19(24)22-13-15-6-9-23(10-7-15)14-16-3-2-8-21-12-16/h1-5,8,11-12,15H,6-7,9-10,13-14H2,(H,22,24). The van der Waals surface area contributed by atoms with Crippen LogP contribution in [0.4, 0.5) is 0 Å². The number of benzene rings is 1. The summed E-state index contributed by atoms with van der Waals surface area (Å²) < 4.78 is 0.929. The van der Waals surface area contributed by atoms with E-state index < -0.39 is 0 Å². The van der Waals surface area contributed by atoms with Crippen molar-refractivity contribution >= 4 is 21.8 Å². The number of likely N-dealkylation sites (tertiary alicyclic amines) is 1. The first-order valence-corrected chi connectivity index (χ1v) is 9.15. The average molecular weight is 388 g/mol. The molecule has 24 heavy (non-hydrogen) atoms. The Morgan fingerprint density at radius 1 is 1.25 bits per heavy atom. The van der Waals surface area contributed by atoms with Gasteiger partial charge in [0.15, 0.2) is 0 Å². The summed E-state index contributed by atoms with van der Waals surface area (Å²) in [5, 5.41) is 3.07. The first kappa shape index (κ1) is 17.1. The quantitative estimate of drug-likeness (QED) is 0.853. The summed E-state index contributed by atoms with van der Waals surface area (Å²) in [6.45, 7) is 3.87. The molecule has 1 aliphatic heterocycles. The van der Waals surface area contributed by atoms with E-state index in [1.165, 1.54) is 5.56 Å². The number of hydrogen-bond acceptors (Lipinski definition) is 3. The predicted octanol–water partition coefficient (Wildman–Crippen LogP) is 3.49. The lowest BCUT2D eigenvalue weighted by molar-refractivity contribution is 0.0935. The van der Waals surface area contributed by atoms with E-state index in [4.69, 9.17) is 0 Å². The normalized spacial score (nSPS) is 16.0. The second-order valence-electron chi connectivity index (χ2n) is 6.30. The summed E-state index contributed by atoms with van der Waals surface area (Å²) in [5.41, 5.74) is 1.97. The molecule has 1 aromatic carbocycles. The zero-order valence-electron chi connectivity index (χ0n) is 13.6. The number of amides is 1. The molecule has 0 radical (unpaired) electrons. The lowest BCUT2D eigenvalue weighted by atomic mass is 9.96. The van der Waals surface area contributed by atoms with Crippen molar-refractivity contribution in [2.45, 2.75) is 19.4 Å². The molecule has 126 valence electrons.